The Kier molecular flexibility index (Phi) is 8.24. The Bertz CT molecular complexity index is 1210. The third-order valence-corrected chi connectivity index (χ3v) is 6.45. The molecule has 33 heavy (non-hydrogen) atoms. The van der Waals surface area contributed by atoms with Gasteiger partial charge in [0.05, 0.1) is 27.2 Å². The van der Waals surface area contributed by atoms with Crippen molar-refractivity contribution in [1.29, 1.82) is 0 Å². The molecule has 0 bridgehead atoms. The van der Waals surface area contributed by atoms with Crippen LogP contribution in [-0.4, -0.2) is 30.8 Å². The van der Waals surface area contributed by atoms with Gasteiger partial charge in [-0.15, -0.1) is 0 Å². The van der Waals surface area contributed by atoms with Gasteiger partial charge in [0.2, 0.25) is 0 Å². The molecule has 1 amide bonds. The third kappa shape index (κ3) is 6.41. The number of carbonyl (C=O) groups excluding carboxylic acids is 2. The van der Waals surface area contributed by atoms with Crippen LogP contribution < -0.4 is 10.1 Å². The summed E-state index contributed by atoms with van der Waals surface area (Å²) in [6.45, 7) is 1.66. The molecule has 3 aromatic rings. The molecule has 0 radical (unpaired) electrons. The summed E-state index contributed by atoms with van der Waals surface area (Å²) in [7, 11) is -0.0429. The first-order valence-corrected chi connectivity index (χ1v) is 13.0. The van der Waals surface area contributed by atoms with E-state index in [1.54, 1.807) is 18.8 Å². The van der Waals surface area contributed by atoms with Gasteiger partial charge in [-0.1, -0.05) is 4.57 Å². The molecule has 7 nitrogen and oxygen atoms in total. The molecule has 10 heteroatoms. The standard InChI is InChI=1S/C23H18Br2NO6P/c1-31-23(29)14-3-5-15(6-4-14)26-22(28)17-11-16(7-8-20(17)27)32-21-18(24)9-13(10-19(21)25)12-33(2)30/h3-11H,12H2,1-2H3,(H-,26,27,28,29)/p+1. The number of nitrogens with one attached hydrogen (secondary N) is 1. The number of phenols is 1. The average molecular weight is 596 g/mol. The van der Waals surface area contributed by atoms with Crippen molar-refractivity contribution in [3.8, 4) is 17.2 Å². The van der Waals surface area contributed by atoms with Crippen LogP contribution in [0.3, 0.4) is 0 Å². The Morgan fingerprint density at radius 1 is 1.03 bits per heavy atom. The molecular weight excluding hydrogens is 577 g/mol. The van der Waals surface area contributed by atoms with E-state index in [0.717, 1.165) is 5.56 Å². The summed E-state index contributed by atoms with van der Waals surface area (Å²) in [6.07, 6.45) is 0.441. The number of aromatic hydroxyl groups is 1. The fourth-order valence-corrected chi connectivity index (χ4v) is 5.08. The van der Waals surface area contributed by atoms with Crippen LogP contribution >= 0.6 is 39.7 Å². The summed E-state index contributed by atoms with van der Waals surface area (Å²) in [5, 5.41) is 12.9. The lowest BCUT2D eigenvalue weighted by Crippen LogP contribution is -2.12. The monoisotopic (exact) mass is 594 g/mol. The number of methoxy groups -OCH3 is 1. The molecule has 0 saturated heterocycles. The highest BCUT2D eigenvalue weighted by atomic mass is 79.9. The van der Waals surface area contributed by atoms with Crippen LogP contribution in [0.2, 0.25) is 0 Å². The molecule has 0 heterocycles. The quantitative estimate of drug-likeness (QED) is 0.233. The molecule has 0 saturated carbocycles. The summed E-state index contributed by atoms with van der Waals surface area (Å²) < 4.78 is 23.4. The van der Waals surface area contributed by atoms with E-state index in [4.69, 9.17) is 4.74 Å². The lowest BCUT2D eigenvalue weighted by Gasteiger charge is -2.13. The summed E-state index contributed by atoms with van der Waals surface area (Å²) in [5.74, 6) is -0.449. The number of benzene rings is 3. The largest absolute Gasteiger partial charge is 0.507 e. The zero-order valence-corrected chi connectivity index (χ0v) is 21.7. The lowest BCUT2D eigenvalue weighted by atomic mass is 10.1. The lowest BCUT2D eigenvalue weighted by molar-refractivity contribution is 0.0600. The van der Waals surface area contributed by atoms with Crippen LogP contribution in [0, 0.1) is 0 Å². The van der Waals surface area contributed by atoms with Crippen molar-refractivity contribution in [1.82, 2.24) is 0 Å². The van der Waals surface area contributed by atoms with E-state index in [9.17, 15) is 19.3 Å². The second kappa shape index (κ2) is 10.9. The van der Waals surface area contributed by atoms with Crippen LogP contribution in [0.1, 0.15) is 26.3 Å². The minimum absolute atomic E-state index is 0.0105. The van der Waals surface area contributed by atoms with Crippen molar-refractivity contribution < 1.29 is 28.7 Å². The molecule has 3 rings (SSSR count). The van der Waals surface area contributed by atoms with E-state index in [2.05, 4.69) is 41.9 Å². The highest BCUT2D eigenvalue weighted by Crippen LogP contribution is 2.40. The highest BCUT2D eigenvalue weighted by molar-refractivity contribution is 9.11. The van der Waals surface area contributed by atoms with Gasteiger partial charge in [0, 0.05) is 11.3 Å². The number of amides is 1. The van der Waals surface area contributed by atoms with E-state index < -0.39 is 19.7 Å². The second-order valence-corrected chi connectivity index (χ2v) is 10.3. The predicted molar refractivity (Wildman–Crippen MR) is 133 cm³/mol. The van der Waals surface area contributed by atoms with E-state index in [1.807, 2.05) is 12.1 Å². The van der Waals surface area contributed by atoms with Crippen LogP contribution in [0.15, 0.2) is 63.5 Å². The smallest absolute Gasteiger partial charge is 0.340 e. The maximum Gasteiger partial charge on any atom is 0.340 e. The number of ether oxygens (including phenoxy) is 2. The van der Waals surface area contributed by atoms with Gasteiger partial charge in [0.1, 0.15) is 18.2 Å². The normalized spacial score (nSPS) is 11.0. The van der Waals surface area contributed by atoms with Crippen molar-refractivity contribution in [2.75, 3.05) is 19.1 Å². The number of carbonyl (C=O) groups is 2. The van der Waals surface area contributed by atoms with Gasteiger partial charge in [0.25, 0.3) is 5.91 Å². The van der Waals surface area contributed by atoms with Gasteiger partial charge in [-0.2, -0.15) is 0 Å². The Balaban J connectivity index is 1.80. The molecule has 0 spiro atoms. The van der Waals surface area contributed by atoms with Gasteiger partial charge in [-0.05, 0) is 86.5 Å². The average Bonchev–Trinajstić information content (AvgIpc) is 2.76. The Labute approximate surface area is 208 Å². The predicted octanol–water partition coefficient (Wildman–Crippen LogP) is 6.71. The third-order valence-electron chi connectivity index (χ3n) is 4.46. The Morgan fingerprint density at radius 2 is 1.67 bits per heavy atom. The minimum atomic E-state index is -1.33. The first kappa shape index (κ1) is 24.9. The first-order valence-electron chi connectivity index (χ1n) is 9.54. The minimum Gasteiger partial charge on any atom is -0.507 e. The van der Waals surface area contributed by atoms with Crippen molar-refractivity contribution in [3.05, 3.63) is 80.2 Å². The van der Waals surface area contributed by atoms with Crippen molar-refractivity contribution >= 4 is 57.2 Å². The molecule has 0 fully saturated rings. The number of hydrogen-bond donors (Lipinski definition) is 2. The second-order valence-electron chi connectivity index (χ2n) is 6.98. The fraction of sp³-hybridized carbons (Fsp3) is 0.130. The van der Waals surface area contributed by atoms with Crippen LogP contribution in [0.25, 0.3) is 0 Å². The summed E-state index contributed by atoms with van der Waals surface area (Å²) >= 11 is 6.92. The van der Waals surface area contributed by atoms with E-state index in [1.165, 1.54) is 37.4 Å². The zero-order chi connectivity index (χ0) is 24.1. The van der Waals surface area contributed by atoms with Crippen LogP contribution in [0.5, 0.6) is 17.2 Å². The summed E-state index contributed by atoms with van der Waals surface area (Å²) in [6, 6.07) is 14.1. The van der Waals surface area contributed by atoms with Gasteiger partial charge >= 0.3 is 13.8 Å². The number of rotatable bonds is 7. The maximum atomic E-state index is 12.7. The van der Waals surface area contributed by atoms with E-state index in [-0.39, 0.29) is 11.3 Å². The molecule has 2 N–H and O–H groups in total. The van der Waals surface area contributed by atoms with Crippen molar-refractivity contribution in [2.45, 2.75) is 6.16 Å². The molecule has 0 aliphatic rings. The Hall–Kier alpha value is -2.74. The number of anilines is 1. The first-order chi connectivity index (χ1) is 15.7. The molecule has 170 valence electrons. The number of phenolic OH excluding ortho intramolecular Hbond substituents is 1. The maximum absolute atomic E-state index is 12.7. The number of halogens is 2. The molecule has 0 aromatic heterocycles. The summed E-state index contributed by atoms with van der Waals surface area (Å²) in [5.41, 5.74) is 1.68. The molecule has 1 unspecified atom stereocenters. The molecule has 0 aliphatic heterocycles. The van der Waals surface area contributed by atoms with Gasteiger partial charge < -0.3 is 19.9 Å². The van der Waals surface area contributed by atoms with Crippen molar-refractivity contribution in [3.63, 3.8) is 0 Å². The Morgan fingerprint density at radius 3 is 2.24 bits per heavy atom. The van der Waals surface area contributed by atoms with Gasteiger partial charge in [0.15, 0.2) is 11.9 Å². The fourth-order valence-electron chi connectivity index (χ4n) is 2.94. The van der Waals surface area contributed by atoms with Gasteiger partial charge in [-0.25, -0.2) is 4.79 Å². The van der Waals surface area contributed by atoms with E-state index in [0.29, 0.717) is 37.9 Å². The highest BCUT2D eigenvalue weighted by Gasteiger charge is 2.17. The number of esters is 1. The van der Waals surface area contributed by atoms with Crippen LogP contribution in [-0.2, 0) is 15.5 Å². The van der Waals surface area contributed by atoms with E-state index >= 15 is 0 Å². The van der Waals surface area contributed by atoms with Crippen LogP contribution in [0.4, 0.5) is 5.69 Å². The zero-order valence-electron chi connectivity index (χ0n) is 17.6. The molecule has 3 aromatic carbocycles. The summed E-state index contributed by atoms with van der Waals surface area (Å²) in [4.78, 5) is 24.3. The van der Waals surface area contributed by atoms with Gasteiger partial charge in [-0.3, -0.25) is 4.79 Å². The molecule has 1 atom stereocenters. The molecular formula is C23H19Br2NO6P+. The SMILES string of the molecule is COC(=O)c1ccc(NC(=O)c2cc(Oc3c(Br)cc(C[P+](C)=O)cc3Br)ccc2O)cc1. The molecule has 0 aliphatic carbocycles. The number of hydrogen-bond acceptors (Lipinski definition) is 6. The van der Waals surface area contributed by atoms with Crippen molar-refractivity contribution in [2.24, 2.45) is 0 Å². The topological polar surface area (TPSA) is 102 Å².